The highest BCUT2D eigenvalue weighted by Crippen LogP contribution is 2.28. The van der Waals surface area contributed by atoms with Gasteiger partial charge in [0.05, 0.1) is 6.42 Å². The van der Waals surface area contributed by atoms with Crippen molar-refractivity contribution in [2.75, 3.05) is 11.9 Å². The van der Waals surface area contributed by atoms with Gasteiger partial charge >= 0.3 is 12.1 Å². The minimum atomic E-state index is -4.68. The molecule has 21 heavy (non-hydrogen) atoms. The van der Waals surface area contributed by atoms with E-state index in [2.05, 4.69) is 9.97 Å². The standard InChI is InChI=1S/C11H13F3N4O3/c1-5-3-7(11(12,13)14)17-10(16-5)18(2)8(19)4-6(15)9(20)21/h3,6H,4,15H2,1-2H3,(H,20,21)/t6-/m0/s1. The van der Waals surface area contributed by atoms with Gasteiger partial charge in [0.2, 0.25) is 11.9 Å². The summed E-state index contributed by atoms with van der Waals surface area (Å²) in [6, 6.07) is -0.711. The van der Waals surface area contributed by atoms with Gasteiger partial charge in [0.25, 0.3) is 0 Å². The fourth-order valence-corrected chi connectivity index (χ4v) is 1.37. The molecular formula is C11H13F3N4O3. The monoisotopic (exact) mass is 306 g/mol. The molecule has 3 N–H and O–H groups in total. The van der Waals surface area contributed by atoms with Crippen molar-refractivity contribution in [1.29, 1.82) is 0 Å². The molecule has 0 spiro atoms. The highest BCUT2D eigenvalue weighted by Gasteiger charge is 2.34. The van der Waals surface area contributed by atoms with Crippen molar-refractivity contribution < 1.29 is 27.9 Å². The van der Waals surface area contributed by atoms with Gasteiger partial charge in [-0.2, -0.15) is 13.2 Å². The number of rotatable bonds is 4. The summed E-state index contributed by atoms with van der Waals surface area (Å²) in [4.78, 5) is 30.0. The lowest BCUT2D eigenvalue weighted by Gasteiger charge is -2.18. The topological polar surface area (TPSA) is 109 Å². The number of carbonyl (C=O) groups excluding carboxylic acids is 1. The number of carboxylic acids is 1. The first-order chi connectivity index (χ1) is 9.52. The van der Waals surface area contributed by atoms with Gasteiger partial charge in [-0.05, 0) is 13.0 Å². The molecule has 1 atom stereocenters. The van der Waals surface area contributed by atoms with Crippen LogP contribution in [0, 0.1) is 6.92 Å². The van der Waals surface area contributed by atoms with E-state index in [1.807, 2.05) is 0 Å². The third-order valence-electron chi connectivity index (χ3n) is 2.52. The predicted molar refractivity (Wildman–Crippen MR) is 65.4 cm³/mol. The highest BCUT2D eigenvalue weighted by molar-refractivity contribution is 5.94. The average molecular weight is 306 g/mol. The van der Waals surface area contributed by atoms with Gasteiger partial charge in [0.15, 0.2) is 0 Å². The predicted octanol–water partition coefficient (Wildman–Crippen LogP) is 0.569. The zero-order valence-electron chi connectivity index (χ0n) is 11.2. The maximum absolute atomic E-state index is 12.6. The van der Waals surface area contributed by atoms with Gasteiger partial charge in [-0.25, -0.2) is 9.97 Å². The molecule has 1 amide bonds. The van der Waals surface area contributed by atoms with E-state index >= 15 is 0 Å². The number of alkyl halides is 3. The molecule has 10 heteroatoms. The quantitative estimate of drug-likeness (QED) is 0.841. The van der Waals surface area contributed by atoms with Crippen LogP contribution in [-0.2, 0) is 15.8 Å². The van der Waals surface area contributed by atoms with Gasteiger partial charge in [0.1, 0.15) is 11.7 Å². The molecule has 0 fully saturated rings. The Balaban J connectivity index is 3.02. The van der Waals surface area contributed by atoms with Gasteiger partial charge in [-0.3, -0.25) is 14.5 Å². The third kappa shape index (κ3) is 4.38. The smallest absolute Gasteiger partial charge is 0.433 e. The minimum Gasteiger partial charge on any atom is -0.480 e. The fourth-order valence-electron chi connectivity index (χ4n) is 1.37. The van der Waals surface area contributed by atoms with Gasteiger partial charge < -0.3 is 10.8 Å². The van der Waals surface area contributed by atoms with Crippen LogP contribution < -0.4 is 10.6 Å². The van der Waals surface area contributed by atoms with Crippen molar-refractivity contribution in [3.05, 3.63) is 17.5 Å². The number of carbonyl (C=O) groups is 2. The Labute approximate surface area is 117 Å². The first-order valence-electron chi connectivity index (χ1n) is 5.70. The number of aliphatic carboxylic acids is 1. The normalized spacial score (nSPS) is 12.9. The van der Waals surface area contributed by atoms with Crippen molar-refractivity contribution >= 4 is 17.8 Å². The van der Waals surface area contributed by atoms with E-state index in [0.717, 1.165) is 18.0 Å². The molecule has 0 bridgehead atoms. The van der Waals surface area contributed by atoms with Crippen LogP contribution in [0.15, 0.2) is 6.07 Å². The second-order valence-corrected chi connectivity index (χ2v) is 4.29. The highest BCUT2D eigenvalue weighted by atomic mass is 19.4. The zero-order valence-corrected chi connectivity index (χ0v) is 11.2. The number of hydrogen-bond acceptors (Lipinski definition) is 5. The summed E-state index contributed by atoms with van der Waals surface area (Å²) in [6.45, 7) is 1.32. The summed E-state index contributed by atoms with van der Waals surface area (Å²) in [7, 11) is 1.14. The Morgan fingerprint density at radius 3 is 2.48 bits per heavy atom. The lowest BCUT2D eigenvalue weighted by atomic mass is 10.2. The SMILES string of the molecule is Cc1cc(C(F)(F)F)nc(N(C)C(=O)C[C@H](N)C(=O)O)n1. The molecule has 0 aliphatic carbocycles. The molecule has 0 radical (unpaired) electrons. The summed E-state index contributed by atoms with van der Waals surface area (Å²) >= 11 is 0. The number of aryl methyl sites for hydroxylation is 1. The van der Waals surface area contributed by atoms with Crippen molar-refractivity contribution in [1.82, 2.24) is 9.97 Å². The van der Waals surface area contributed by atoms with Crippen molar-refractivity contribution in [2.45, 2.75) is 25.6 Å². The van der Waals surface area contributed by atoms with Crippen LogP contribution in [0.2, 0.25) is 0 Å². The van der Waals surface area contributed by atoms with Crippen LogP contribution in [0.3, 0.4) is 0 Å². The molecule has 1 heterocycles. The molecule has 116 valence electrons. The number of aromatic nitrogens is 2. The second-order valence-electron chi connectivity index (χ2n) is 4.29. The van der Waals surface area contributed by atoms with E-state index in [1.165, 1.54) is 6.92 Å². The number of carboxylic acid groups (broad SMARTS) is 1. The lowest BCUT2D eigenvalue weighted by molar-refractivity contribution is -0.141. The second kappa shape index (κ2) is 6.04. The summed E-state index contributed by atoms with van der Waals surface area (Å²) in [5.74, 6) is -2.66. The van der Waals surface area contributed by atoms with E-state index in [-0.39, 0.29) is 5.69 Å². The minimum absolute atomic E-state index is 0.0227. The number of hydrogen-bond donors (Lipinski definition) is 2. The average Bonchev–Trinajstić information content (AvgIpc) is 2.35. The van der Waals surface area contributed by atoms with Crippen molar-refractivity contribution in [3.63, 3.8) is 0 Å². The molecule has 0 saturated carbocycles. The lowest BCUT2D eigenvalue weighted by Crippen LogP contribution is -2.38. The summed E-state index contributed by atoms with van der Waals surface area (Å²) in [5, 5.41) is 8.60. The van der Waals surface area contributed by atoms with Crippen LogP contribution in [0.5, 0.6) is 0 Å². The maximum atomic E-state index is 12.6. The number of nitrogens with two attached hydrogens (primary N) is 1. The van der Waals surface area contributed by atoms with Crippen LogP contribution in [0.1, 0.15) is 17.8 Å². The molecule has 0 aliphatic rings. The van der Waals surface area contributed by atoms with Gasteiger partial charge in [-0.1, -0.05) is 0 Å². The van der Waals surface area contributed by atoms with Crippen LogP contribution >= 0.6 is 0 Å². The van der Waals surface area contributed by atoms with E-state index in [4.69, 9.17) is 10.8 Å². The first kappa shape index (κ1) is 16.8. The number of anilines is 1. The van der Waals surface area contributed by atoms with E-state index in [9.17, 15) is 22.8 Å². The molecule has 0 unspecified atom stereocenters. The van der Waals surface area contributed by atoms with Gasteiger partial charge in [-0.15, -0.1) is 0 Å². The molecule has 0 saturated heterocycles. The number of amides is 1. The molecule has 0 aliphatic heterocycles. The van der Waals surface area contributed by atoms with E-state index in [1.54, 1.807) is 0 Å². The Morgan fingerprint density at radius 1 is 1.43 bits per heavy atom. The largest absolute Gasteiger partial charge is 0.480 e. The Morgan fingerprint density at radius 2 is 2.00 bits per heavy atom. The zero-order chi connectivity index (χ0) is 16.4. The van der Waals surface area contributed by atoms with Crippen molar-refractivity contribution in [3.8, 4) is 0 Å². The summed E-state index contributed by atoms with van der Waals surface area (Å²) in [6.07, 6.45) is -5.26. The maximum Gasteiger partial charge on any atom is 0.433 e. The molecular weight excluding hydrogens is 293 g/mol. The number of halogens is 3. The van der Waals surface area contributed by atoms with Crippen LogP contribution in [-0.4, -0.2) is 40.0 Å². The molecule has 1 aromatic rings. The molecule has 1 rings (SSSR count). The van der Waals surface area contributed by atoms with Crippen molar-refractivity contribution in [2.24, 2.45) is 5.73 Å². The van der Waals surface area contributed by atoms with Crippen LogP contribution in [0.4, 0.5) is 19.1 Å². The van der Waals surface area contributed by atoms with Crippen LogP contribution in [0.25, 0.3) is 0 Å². The molecule has 0 aromatic carbocycles. The summed E-state index contributed by atoms with van der Waals surface area (Å²) in [5.41, 5.74) is 4.03. The Bertz CT molecular complexity index is 562. The Hall–Kier alpha value is -2.23. The van der Waals surface area contributed by atoms with Gasteiger partial charge in [0, 0.05) is 12.7 Å². The fraction of sp³-hybridized carbons (Fsp3) is 0.455. The number of nitrogens with zero attached hydrogens (tertiary/aromatic N) is 3. The third-order valence-corrected chi connectivity index (χ3v) is 2.52. The first-order valence-corrected chi connectivity index (χ1v) is 5.70. The van der Waals surface area contributed by atoms with E-state index in [0.29, 0.717) is 0 Å². The Kier molecular flexibility index (Phi) is 4.84. The summed E-state index contributed by atoms with van der Waals surface area (Å²) < 4.78 is 37.9. The molecule has 1 aromatic heterocycles. The molecule has 7 nitrogen and oxygen atoms in total. The van der Waals surface area contributed by atoms with E-state index < -0.39 is 42.2 Å².